The topological polar surface area (TPSA) is 95.9 Å². The van der Waals surface area contributed by atoms with E-state index in [4.69, 9.17) is 9.84 Å². The number of hydrogen-bond acceptors (Lipinski definition) is 4. The molecule has 1 heterocycles. The number of carbonyl (C=O) groups is 3. The van der Waals surface area contributed by atoms with Crippen LogP contribution in [0, 0.1) is 17.8 Å². The van der Waals surface area contributed by atoms with Crippen molar-refractivity contribution < 1.29 is 24.2 Å². The van der Waals surface area contributed by atoms with Crippen molar-refractivity contribution in [1.82, 2.24) is 10.2 Å². The minimum Gasteiger partial charge on any atom is -0.481 e. The van der Waals surface area contributed by atoms with E-state index in [2.05, 4.69) is 29.6 Å². The van der Waals surface area contributed by atoms with Crippen molar-refractivity contribution in [2.75, 3.05) is 19.7 Å². The van der Waals surface area contributed by atoms with Crippen LogP contribution in [0.15, 0.2) is 48.5 Å². The predicted molar refractivity (Wildman–Crippen MR) is 126 cm³/mol. The minimum absolute atomic E-state index is 0.00334. The molecular formula is C27H30N2O5. The molecule has 1 aliphatic heterocycles. The average Bonchev–Trinajstić information content (AvgIpc) is 3.39. The summed E-state index contributed by atoms with van der Waals surface area (Å²) in [6.07, 6.45) is 1.84. The molecule has 7 nitrogen and oxygen atoms in total. The van der Waals surface area contributed by atoms with E-state index in [0.717, 1.165) is 30.4 Å². The zero-order valence-electron chi connectivity index (χ0n) is 19.3. The van der Waals surface area contributed by atoms with Crippen LogP contribution in [0.1, 0.15) is 43.2 Å². The second kappa shape index (κ2) is 9.12. The average molecular weight is 463 g/mol. The molecule has 0 bridgehead atoms. The Morgan fingerprint density at radius 1 is 1.03 bits per heavy atom. The second-order valence-electron chi connectivity index (χ2n) is 9.74. The monoisotopic (exact) mass is 462 g/mol. The fourth-order valence-corrected chi connectivity index (χ4v) is 5.66. The van der Waals surface area contributed by atoms with Gasteiger partial charge in [0.05, 0.1) is 11.8 Å². The molecule has 2 aromatic rings. The molecular weight excluding hydrogens is 432 g/mol. The molecule has 0 spiro atoms. The lowest BCUT2D eigenvalue weighted by atomic mass is 9.85. The highest BCUT2D eigenvalue weighted by molar-refractivity contribution is 5.82. The maximum atomic E-state index is 13.0. The standard InChI is InChI=1S/C27H30N2O5/c1-16(26(31)32)17-13-29(14-17)25(30)22-11-6-12-24(22)28-27(33)34-15-23-20-9-4-2-7-18(20)19-8-3-5-10-21(19)23/h2-5,7-10,16-17,22-24H,6,11-15H2,1H3,(H,28,33)(H,31,32)/t16?,22-,24+/m1/s1. The number of fused-ring (bicyclic) bond motifs is 3. The zero-order valence-corrected chi connectivity index (χ0v) is 19.3. The Hall–Kier alpha value is -3.35. The van der Waals surface area contributed by atoms with E-state index in [1.54, 1.807) is 11.8 Å². The van der Waals surface area contributed by atoms with Crippen LogP contribution < -0.4 is 5.32 Å². The summed E-state index contributed by atoms with van der Waals surface area (Å²) in [6, 6.07) is 16.2. The number of benzene rings is 2. The number of hydrogen-bond donors (Lipinski definition) is 2. The van der Waals surface area contributed by atoms with Gasteiger partial charge in [-0.15, -0.1) is 0 Å². The first kappa shape index (κ1) is 22.4. The Morgan fingerprint density at radius 3 is 2.26 bits per heavy atom. The number of carboxylic acids is 1. The van der Waals surface area contributed by atoms with Gasteiger partial charge in [-0.1, -0.05) is 61.9 Å². The van der Waals surface area contributed by atoms with Crippen LogP contribution in [0.4, 0.5) is 4.79 Å². The summed E-state index contributed by atoms with van der Waals surface area (Å²) >= 11 is 0. The van der Waals surface area contributed by atoms with Crippen LogP contribution in [0.3, 0.4) is 0 Å². The van der Waals surface area contributed by atoms with Gasteiger partial charge < -0.3 is 20.1 Å². The summed E-state index contributed by atoms with van der Waals surface area (Å²) < 4.78 is 5.67. The van der Waals surface area contributed by atoms with Crippen molar-refractivity contribution in [3.8, 4) is 11.1 Å². The van der Waals surface area contributed by atoms with Crippen molar-refractivity contribution in [3.63, 3.8) is 0 Å². The van der Waals surface area contributed by atoms with Gasteiger partial charge >= 0.3 is 12.1 Å². The minimum atomic E-state index is -0.826. The van der Waals surface area contributed by atoms with Crippen molar-refractivity contribution in [2.45, 2.75) is 38.1 Å². The molecule has 5 rings (SSSR count). The Kier molecular flexibility index (Phi) is 6.02. The zero-order chi connectivity index (χ0) is 23.8. The summed E-state index contributed by atoms with van der Waals surface area (Å²) in [5.74, 6) is -1.56. The van der Waals surface area contributed by atoms with Gasteiger partial charge in [-0.25, -0.2) is 4.79 Å². The van der Waals surface area contributed by atoms with Crippen molar-refractivity contribution in [2.24, 2.45) is 17.8 Å². The number of rotatable bonds is 6. The van der Waals surface area contributed by atoms with E-state index < -0.39 is 18.0 Å². The van der Waals surface area contributed by atoms with Gasteiger partial charge in [0, 0.05) is 31.0 Å². The Balaban J connectivity index is 1.17. The first-order valence-electron chi connectivity index (χ1n) is 12.1. The SMILES string of the molecule is CC(C(=O)O)C1CN(C(=O)[C@@H]2CCC[C@@H]2NC(=O)OCC2c3ccccc3-c3ccccc32)C1. The Labute approximate surface area is 199 Å². The van der Waals surface area contributed by atoms with E-state index in [1.807, 2.05) is 24.3 Å². The van der Waals surface area contributed by atoms with E-state index >= 15 is 0 Å². The molecule has 1 unspecified atom stereocenters. The number of carboxylic acid groups (broad SMARTS) is 1. The summed E-state index contributed by atoms with van der Waals surface area (Å²) in [4.78, 5) is 38.6. The maximum Gasteiger partial charge on any atom is 0.407 e. The predicted octanol–water partition coefficient (Wildman–Crippen LogP) is 3.87. The van der Waals surface area contributed by atoms with Crippen molar-refractivity contribution in [1.29, 1.82) is 0 Å². The first-order valence-corrected chi connectivity index (χ1v) is 12.1. The molecule has 3 aliphatic rings. The summed E-state index contributed by atoms with van der Waals surface area (Å²) in [5, 5.41) is 12.1. The van der Waals surface area contributed by atoms with Gasteiger partial charge in [0.25, 0.3) is 0 Å². The fourth-order valence-electron chi connectivity index (χ4n) is 5.66. The van der Waals surface area contributed by atoms with Gasteiger partial charge in [-0.05, 0) is 35.1 Å². The third kappa shape index (κ3) is 4.04. The molecule has 2 fully saturated rings. The molecule has 1 saturated heterocycles. The third-order valence-electron chi connectivity index (χ3n) is 7.80. The molecule has 2 N–H and O–H groups in total. The molecule has 7 heteroatoms. The fraction of sp³-hybridized carbons (Fsp3) is 0.444. The first-order chi connectivity index (χ1) is 16.4. The van der Waals surface area contributed by atoms with Crippen LogP contribution in [0.25, 0.3) is 11.1 Å². The van der Waals surface area contributed by atoms with Crippen molar-refractivity contribution in [3.05, 3.63) is 59.7 Å². The van der Waals surface area contributed by atoms with E-state index in [9.17, 15) is 14.4 Å². The van der Waals surface area contributed by atoms with Crippen molar-refractivity contribution >= 4 is 18.0 Å². The molecule has 0 radical (unpaired) electrons. The summed E-state index contributed by atoms with van der Waals surface area (Å²) in [7, 11) is 0. The molecule has 1 saturated carbocycles. The van der Waals surface area contributed by atoms with Gasteiger partial charge in [0.1, 0.15) is 6.61 Å². The summed E-state index contributed by atoms with van der Waals surface area (Å²) in [5.41, 5.74) is 4.68. The quantitative estimate of drug-likeness (QED) is 0.679. The highest BCUT2D eigenvalue weighted by Crippen LogP contribution is 2.44. The van der Waals surface area contributed by atoms with Gasteiger partial charge in [-0.3, -0.25) is 9.59 Å². The van der Waals surface area contributed by atoms with Gasteiger partial charge in [-0.2, -0.15) is 0 Å². The number of aliphatic carboxylic acids is 1. The van der Waals surface area contributed by atoms with Crippen LogP contribution in [-0.4, -0.2) is 53.7 Å². The van der Waals surface area contributed by atoms with Crippen LogP contribution in [-0.2, 0) is 14.3 Å². The highest BCUT2D eigenvalue weighted by atomic mass is 16.5. The molecule has 3 atom stereocenters. The smallest absolute Gasteiger partial charge is 0.407 e. The molecule has 2 amide bonds. The van der Waals surface area contributed by atoms with Crippen LogP contribution >= 0.6 is 0 Å². The van der Waals surface area contributed by atoms with E-state index in [-0.39, 0.29) is 36.3 Å². The maximum absolute atomic E-state index is 13.0. The number of carbonyl (C=O) groups excluding carboxylic acids is 2. The third-order valence-corrected chi connectivity index (χ3v) is 7.80. The number of ether oxygens (including phenoxy) is 1. The Morgan fingerprint density at radius 2 is 1.65 bits per heavy atom. The van der Waals surface area contributed by atoms with Gasteiger partial charge in [0.15, 0.2) is 0 Å². The van der Waals surface area contributed by atoms with E-state index in [1.165, 1.54) is 11.1 Å². The number of nitrogens with one attached hydrogen (secondary N) is 1. The normalized spacial score (nSPS) is 22.4. The molecule has 178 valence electrons. The molecule has 0 aromatic heterocycles. The second-order valence-corrected chi connectivity index (χ2v) is 9.74. The lowest BCUT2D eigenvalue weighted by Gasteiger charge is -2.43. The summed E-state index contributed by atoms with van der Waals surface area (Å²) in [6.45, 7) is 2.87. The van der Waals surface area contributed by atoms with Crippen LogP contribution in [0.2, 0.25) is 0 Å². The molecule has 2 aromatic carbocycles. The Bertz CT molecular complexity index is 1060. The number of alkyl carbamates (subject to hydrolysis) is 1. The number of amides is 2. The molecule has 2 aliphatic carbocycles. The largest absolute Gasteiger partial charge is 0.481 e. The van der Waals surface area contributed by atoms with Gasteiger partial charge in [0.2, 0.25) is 5.91 Å². The van der Waals surface area contributed by atoms with E-state index in [0.29, 0.717) is 13.1 Å². The number of nitrogens with zero attached hydrogens (tertiary/aromatic N) is 1. The highest BCUT2D eigenvalue weighted by Gasteiger charge is 2.43. The number of likely N-dealkylation sites (tertiary alicyclic amines) is 1. The van der Waals surface area contributed by atoms with Crippen LogP contribution in [0.5, 0.6) is 0 Å². The lowest BCUT2D eigenvalue weighted by Crippen LogP contribution is -2.57. The molecule has 34 heavy (non-hydrogen) atoms. The lowest BCUT2D eigenvalue weighted by molar-refractivity contribution is -0.152.